The van der Waals surface area contributed by atoms with Gasteiger partial charge in [0, 0.05) is 23.3 Å². The number of benzene rings is 2. The zero-order valence-electron chi connectivity index (χ0n) is 47.2. The molecule has 0 unspecified atom stereocenters. The Kier molecular flexibility index (Phi) is 29.8. The Labute approximate surface area is 466 Å². The summed E-state index contributed by atoms with van der Waals surface area (Å²) in [5.74, 6) is -4.98. The van der Waals surface area contributed by atoms with Gasteiger partial charge in [-0.1, -0.05) is 29.7 Å². The Morgan fingerprint density at radius 2 is 1.12 bits per heavy atom. The molecule has 26 nitrogen and oxygen atoms in total. The van der Waals surface area contributed by atoms with Gasteiger partial charge in [-0.2, -0.15) is 0 Å². The van der Waals surface area contributed by atoms with Crippen LogP contribution in [-0.2, 0) is 51.1 Å². The molecule has 0 fully saturated rings. The molecule has 3 aromatic rings. The van der Waals surface area contributed by atoms with Gasteiger partial charge < -0.3 is 78.2 Å². The summed E-state index contributed by atoms with van der Waals surface area (Å²) in [6.07, 6.45) is 5.90. The summed E-state index contributed by atoms with van der Waals surface area (Å²) in [4.78, 5) is 95.2. The van der Waals surface area contributed by atoms with Crippen LogP contribution in [0, 0.1) is 0 Å². The number of phenolic OH excluding ortho intramolecular Hbond substituents is 1. The summed E-state index contributed by atoms with van der Waals surface area (Å²) < 4.78 is 34.3. The van der Waals surface area contributed by atoms with Gasteiger partial charge in [0.1, 0.15) is 58.8 Å². The van der Waals surface area contributed by atoms with E-state index >= 15 is 0 Å². The molecule has 0 aliphatic heterocycles. The molecule has 446 valence electrons. The number of carbonyl (C=O) groups excluding carboxylic acids is 6. The number of ketones is 2. The predicted molar refractivity (Wildman–Crippen MR) is 302 cm³/mol. The predicted octanol–water partition coefficient (Wildman–Crippen LogP) is 0.120. The molecule has 3 rings (SSSR count). The van der Waals surface area contributed by atoms with Gasteiger partial charge in [-0.25, -0.2) is 15.6 Å². The van der Waals surface area contributed by atoms with E-state index in [2.05, 4.69) is 32.1 Å². The molecule has 2 aromatic carbocycles. The molecule has 0 bridgehead atoms. The minimum Gasteiger partial charge on any atom is -0.507 e. The smallest absolute Gasteiger partial charge is 0.328 e. The molecule has 0 radical (unpaired) electrons. The van der Waals surface area contributed by atoms with Crippen LogP contribution in [0.4, 0.5) is 0 Å². The van der Waals surface area contributed by atoms with Crippen molar-refractivity contribution in [1.29, 1.82) is 0 Å². The zero-order chi connectivity index (χ0) is 59.5. The minimum absolute atomic E-state index is 0.0177. The van der Waals surface area contributed by atoms with Gasteiger partial charge in [-0.15, -0.1) is 0 Å². The average Bonchev–Trinajstić information content (AvgIpc) is 3.41. The number of nitrogens with two attached hydrogens (primary N) is 6. The lowest BCUT2D eigenvalue weighted by molar-refractivity contribution is -0.145. The lowest BCUT2D eigenvalue weighted by Gasteiger charge is -2.23. The number of carbonyl (C=O) groups is 6. The van der Waals surface area contributed by atoms with E-state index in [1.807, 2.05) is 33.8 Å². The summed E-state index contributed by atoms with van der Waals surface area (Å²) >= 11 is 0. The van der Waals surface area contributed by atoms with Crippen molar-refractivity contribution < 1.29 is 62.0 Å². The van der Waals surface area contributed by atoms with Gasteiger partial charge in [0.05, 0.1) is 32.8 Å². The number of hydrogen-bond donors (Lipinski definition) is 13. The highest BCUT2D eigenvalue weighted by Gasteiger charge is 2.31. The maximum absolute atomic E-state index is 14.9. The van der Waals surface area contributed by atoms with Gasteiger partial charge in [0.2, 0.25) is 22.9 Å². The van der Waals surface area contributed by atoms with Crippen molar-refractivity contribution in [2.24, 2.45) is 34.4 Å². The fourth-order valence-electron chi connectivity index (χ4n) is 8.38. The van der Waals surface area contributed by atoms with Crippen molar-refractivity contribution in [3.8, 4) is 23.0 Å². The van der Waals surface area contributed by atoms with E-state index in [1.54, 1.807) is 6.08 Å². The molecule has 0 saturated carbocycles. The minimum atomic E-state index is -1.12. The highest BCUT2D eigenvalue weighted by Crippen LogP contribution is 2.42. The average molecular weight is 1130 g/mol. The summed E-state index contributed by atoms with van der Waals surface area (Å²) in [6, 6.07) is -1.49. The molecule has 80 heavy (non-hydrogen) atoms. The number of amides is 2. The SMILES string of the molecule is COC(=O)[C@H](CCCNC(N)N)NN[C@@H](CCCCN)C(=O)C(=O)COc1cc2oc3cc(OCC(=O)N[C@@H](CCCCN)C(=O)N[C@@H](CCCNC(N)N)C(=O)OC)c(OC)c(CC=C(C)C)c3c(=O)c2c(O)c1CC=C(C)C. The molecule has 2 amide bonds. The first-order chi connectivity index (χ1) is 38.1. The van der Waals surface area contributed by atoms with Crippen LogP contribution in [0.5, 0.6) is 23.0 Å². The van der Waals surface area contributed by atoms with Gasteiger partial charge in [-0.3, -0.25) is 39.4 Å². The summed E-state index contributed by atoms with van der Waals surface area (Å²) in [5, 5.41) is 22.9. The van der Waals surface area contributed by atoms with Crippen LogP contribution in [0.25, 0.3) is 21.9 Å². The van der Waals surface area contributed by atoms with Crippen molar-refractivity contribution in [3.05, 3.63) is 56.8 Å². The largest absolute Gasteiger partial charge is 0.507 e. The molecule has 1 heterocycles. The quantitative estimate of drug-likeness (QED) is 0.00686. The van der Waals surface area contributed by atoms with Gasteiger partial charge in [-0.05, 0) is 125 Å². The first-order valence-electron chi connectivity index (χ1n) is 26.7. The normalized spacial score (nSPS) is 12.8. The van der Waals surface area contributed by atoms with E-state index in [9.17, 15) is 38.7 Å². The van der Waals surface area contributed by atoms with Gasteiger partial charge in [0.15, 0.2) is 24.7 Å². The number of methoxy groups -OCH3 is 3. The monoisotopic (exact) mass is 1130 g/mol. The van der Waals surface area contributed by atoms with Gasteiger partial charge >= 0.3 is 11.9 Å². The fraction of sp³-hybridized carbons (Fsp3) is 0.574. The van der Waals surface area contributed by atoms with Crippen LogP contribution in [-0.4, -0.2) is 138 Å². The van der Waals surface area contributed by atoms with Gasteiger partial charge in [0.25, 0.3) is 5.91 Å². The molecule has 1 aromatic heterocycles. The van der Waals surface area contributed by atoms with Crippen LogP contribution in [0.15, 0.2) is 44.6 Å². The summed E-state index contributed by atoms with van der Waals surface area (Å²) in [6.45, 7) is 7.36. The molecule has 19 N–H and O–H groups in total. The number of Topliss-reactive ketones (excluding diaryl/α,β-unsaturated/α-hetero) is 2. The highest BCUT2D eigenvalue weighted by atomic mass is 16.5. The van der Waals surface area contributed by atoms with E-state index in [4.69, 9.17) is 62.5 Å². The molecule has 26 heteroatoms. The molecule has 0 saturated heterocycles. The number of hydrazine groups is 1. The van der Waals surface area contributed by atoms with Crippen molar-refractivity contribution in [3.63, 3.8) is 0 Å². The Hall–Kier alpha value is -6.59. The lowest BCUT2D eigenvalue weighted by atomic mass is 9.98. The number of ether oxygens (including phenoxy) is 5. The number of esters is 2. The number of phenols is 1. The number of fused-ring (bicyclic) bond motifs is 2. The number of nitrogens with one attached hydrogen (secondary N) is 6. The zero-order valence-corrected chi connectivity index (χ0v) is 47.2. The highest BCUT2D eigenvalue weighted by molar-refractivity contribution is 6.39. The summed E-state index contributed by atoms with van der Waals surface area (Å²) in [5.41, 5.74) is 40.7. The second-order valence-electron chi connectivity index (χ2n) is 19.5. The number of unbranched alkanes of at least 4 members (excludes halogenated alkanes) is 2. The standard InChI is InChI=1S/C54H86N12O14/c1-30(2)18-20-32-39(78-28-38(67)47(70)34(14-8-10-22-55)65-66-37(52(74)77-7)17-13-25-62-54(59)60)26-41-45(46(32)69)48(71)44-33(21-19-31(3)4)49(75-5)42(27-40(44)80-41)79-29-43(68)63-35(15-9-11-23-56)50(72)64-36(51(73)76-6)16-12-24-61-53(57)58/h18-19,26-27,34-37,53-54,61-62,65-66,69H,8-17,20-25,28-29,55-60H2,1-7H3,(H,63,68)(H,64,72)/t34-,35-,36-,37-/m0/s1. The second kappa shape index (κ2) is 35.2. The first kappa shape index (κ1) is 67.7. The molecule has 4 atom stereocenters. The fourth-order valence-corrected chi connectivity index (χ4v) is 8.38. The van der Waals surface area contributed by atoms with Crippen molar-refractivity contribution >= 4 is 57.3 Å². The molecule has 0 spiro atoms. The van der Waals surface area contributed by atoms with Crippen LogP contribution in [0.3, 0.4) is 0 Å². The van der Waals surface area contributed by atoms with Crippen LogP contribution >= 0.6 is 0 Å². The Balaban J connectivity index is 2.08. The third-order valence-corrected chi connectivity index (χ3v) is 12.6. The van der Waals surface area contributed by atoms with Crippen LogP contribution in [0.1, 0.15) is 103 Å². The topological polar surface area (TPSA) is 427 Å². The third kappa shape index (κ3) is 21.5. The number of allylic oxidation sites excluding steroid dienone is 4. The van der Waals surface area contributed by atoms with Crippen LogP contribution in [0.2, 0.25) is 0 Å². The molecule has 0 aliphatic carbocycles. The first-order valence-corrected chi connectivity index (χ1v) is 26.7. The van der Waals surface area contributed by atoms with Crippen molar-refractivity contribution in [2.45, 2.75) is 141 Å². The number of aromatic hydroxyl groups is 1. The second-order valence-corrected chi connectivity index (χ2v) is 19.5. The lowest BCUT2D eigenvalue weighted by Crippen LogP contribution is -2.54. The van der Waals surface area contributed by atoms with E-state index in [1.165, 1.54) is 33.5 Å². The maximum atomic E-state index is 14.9. The number of rotatable bonds is 39. The van der Waals surface area contributed by atoms with Crippen LogP contribution < -0.4 is 86.2 Å². The van der Waals surface area contributed by atoms with Crippen molar-refractivity contribution in [1.82, 2.24) is 32.1 Å². The Morgan fingerprint density at radius 3 is 1.68 bits per heavy atom. The third-order valence-electron chi connectivity index (χ3n) is 12.6. The molecule has 0 aliphatic rings. The van der Waals surface area contributed by atoms with E-state index in [-0.39, 0.29) is 83.3 Å². The number of hydrogen-bond acceptors (Lipinski definition) is 24. The van der Waals surface area contributed by atoms with E-state index in [0.29, 0.717) is 70.3 Å². The molecular weight excluding hydrogens is 1040 g/mol. The summed E-state index contributed by atoms with van der Waals surface area (Å²) in [7, 11) is 3.78. The van der Waals surface area contributed by atoms with E-state index < -0.39 is 96.5 Å². The molecular formula is C54H86N12O14. The van der Waals surface area contributed by atoms with Crippen molar-refractivity contribution in [2.75, 3.05) is 60.7 Å². The maximum Gasteiger partial charge on any atom is 0.328 e. The Bertz CT molecular complexity index is 2670. The Morgan fingerprint density at radius 1 is 0.625 bits per heavy atom. The van der Waals surface area contributed by atoms with E-state index in [0.717, 1.165) is 11.1 Å².